The highest BCUT2D eigenvalue weighted by atomic mass is 35.5. The SMILES string of the molecule is O=C(CCc1ccccc1Cl)Nc1ccc(S(=O)(=O)NCc2ccco2)cc1. The van der Waals surface area contributed by atoms with Crippen molar-refractivity contribution in [3.05, 3.63) is 83.3 Å². The van der Waals surface area contributed by atoms with E-state index in [2.05, 4.69) is 10.0 Å². The van der Waals surface area contributed by atoms with Crippen LogP contribution in [0.2, 0.25) is 5.02 Å². The van der Waals surface area contributed by atoms with Crippen molar-refractivity contribution < 1.29 is 17.6 Å². The minimum atomic E-state index is -3.67. The maximum atomic E-state index is 12.3. The maximum Gasteiger partial charge on any atom is 0.240 e. The van der Waals surface area contributed by atoms with Crippen molar-refractivity contribution in [1.82, 2.24) is 4.72 Å². The summed E-state index contributed by atoms with van der Waals surface area (Å²) >= 11 is 6.09. The third kappa shape index (κ3) is 5.45. The van der Waals surface area contributed by atoms with Gasteiger partial charge in [-0.05, 0) is 54.4 Å². The Kier molecular flexibility index (Phi) is 6.51. The number of benzene rings is 2. The molecule has 28 heavy (non-hydrogen) atoms. The summed E-state index contributed by atoms with van der Waals surface area (Å²) in [5.74, 6) is 0.345. The van der Waals surface area contributed by atoms with Crippen molar-refractivity contribution in [3.8, 4) is 0 Å². The molecule has 0 fully saturated rings. The van der Waals surface area contributed by atoms with Gasteiger partial charge in [-0.3, -0.25) is 4.79 Å². The van der Waals surface area contributed by atoms with Gasteiger partial charge in [0.2, 0.25) is 15.9 Å². The van der Waals surface area contributed by atoms with E-state index in [9.17, 15) is 13.2 Å². The van der Waals surface area contributed by atoms with Crippen molar-refractivity contribution in [3.63, 3.8) is 0 Å². The standard InChI is InChI=1S/C20H19ClN2O4S/c21-19-6-2-1-4-15(19)7-12-20(24)23-16-8-10-18(11-9-16)28(25,26)22-14-17-5-3-13-27-17/h1-6,8-11,13,22H,7,12,14H2,(H,23,24). The Bertz CT molecular complexity index is 1030. The lowest BCUT2D eigenvalue weighted by Gasteiger charge is -2.08. The Balaban J connectivity index is 1.54. The first-order valence-corrected chi connectivity index (χ1v) is 10.5. The second-order valence-electron chi connectivity index (χ2n) is 6.07. The number of halogens is 1. The van der Waals surface area contributed by atoms with E-state index < -0.39 is 10.0 Å². The average molecular weight is 419 g/mol. The molecule has 1 aromatic heterocycles. The van der Waals surface area contributed by atoms with Crippen molar-refractivity contribution >= 4 is 33.2 Å². The number of rotatable bonds is 8. The normalized spacial score (nSPS) is 11.3. The number of amides is 1. The van der Waals surface area contributed by atoms with E-state index in [0.29, 0.717) is 22.9 Å². The van der Waals surface area contributed by atoms with Gasteiger partial charge >= 0.3 is 0 Å². The molecule has 6 nitrogen and oxygen atoms in total. The van der Waals surface area contributed by atoms with E-state index in [1.165, 1.54) is 18.4 Å². The van der Waals surface area contributed by atoms with Gasteiger partial charge in [-0.2, -0.15) is 0 Å². The van der Waals surface area contributed by atoms with Crippen LogP contribution in [0.15, 0.2) is 76.2 Å². The summed E-state index contributed by atoms with van der Waals surface area (Å²) in [5.41, 5.74) is 1.43. The topological polar surface area (TPSA) is 88.4 Å². The quantitative estimate of drug-likeness (QED) is 0.579. The van der Waals surface area contributed by atoms with Gasteiger partial charge in [0.1, 0.15) is 5.76 Å². The summed E-state index contributed by atoms with van der Waals surface area (Å²) in [6.07, 6.45) is 2.27. The Morgan fingerprint density at radius 1 is 1.00 bits per heavy atom. The van der Waals surface area contributed by atoms with Gasteiger partial charge in [0.05, 0.1) is 17.7 Å². The Morgan fingerprint density at radius 3 is 2.43 bits per heavy atom. The minimum absolute atomic E-state index is 0.0653. The van der Waals surface area contributed by atoms with Gasteiger partial charge in [0, 0.05) is 17.1 Å². The zero-order chi connectivity index (χ0) is 20.0. The second-order valence-corrected chi connectivity index (χ2v) is 8.24. The van der Waals surface area contributed by atoms with Crippen LogP contribution >= 0.6 is 11.6 Å². The molecule has 0 saturated heterocycles. The van der Waals surface area contributed by atoms with E-state index in [1.807, 2.05) is 18.2 Å². The predicted octanol–water partition coefficient (Wildman–Crippen LogP) is 3.98. The summed E-state index contributed by atoms with van der Waals surface area (Å²) in [4.78, 5) is 12.2. The van der Waals surface area contributed by atoms with Crippen LogP contribution in [0.5, 0.6) is 0 Å². The molecule has 0 aliphatic carbocycles. The maximum absolute atomic E-state index is 12.3. The fourth-order valence-corrected chi connectivity index (χ4v) is 3.78. The number of sulfonamides is 1. The number of carbonyl (C=O) groups is 1. The van der Waals surface area contributed by atoms with Gasteiger partial charge in [-0.25, -0.2) is 13.1 Å². The van der Waals surface area contributed by atoms with Crippen LogP contribution in [0.4, 0.5) is 5.69 Å². The number of furan rings is 1. The molecule has 3 rings (SSSR count). The van der Waals surface area contributed by atoms with Crippen LogP contribution in [0.25, 0.3) is 0 Å². The Hall–Kier alpha value is -2.61. The van der Waals surface area contributed by atoms with Crippen molar-refractivity contribution in [1.29, 1.82) is 0 Å². The molecule has 0 bridgehead atoms. The fraction of sp³-hybridized carbons (Fsp3) is 0.150. The third-order valence-electron chi connectivity index (χ3n) is 4.04. The zero-order valence-corrected chi connectivity index (χ0v) is 16.5. The second kappa shape index (κ2) is 9.05. The van der Waals surface area contributed by atoms with Gasteiger partial charge in [0.15, 0.2) is 0 Å². The Labute approximate surface area is 168 Å². The highest BCUT2D eigenvalue weighted by Crippen LogP contribution is 2.18. The monoisotopic (exact) mass is 418 g/mol. The molecule has 2 N–H and O–H groups in total. The summed E-state index contributed by atoms with van der Waals surface area (Å²) < 4.78 is 32.2. The smallest absolute Gasteiger partial charge is 0.240 e. The van der Waals surface area contributed by atoms with E-state index in [1.54, 1.807) is 30.3 Å². The summed E-state index contributed by atoms with van der Waals surface area (Å²) in [5, 5.41) is 3.38. The van der Waals surface area contributed by atoms with Crippen molar-refractivity contribution in [2.75, 3.05) is 5.32 Å². The largest absolute Gasteiger partial charge is 0.468 e. The summed E-state index contributed by atoms with van der Waals surface area (Å²) in [6, 6.07) is 16.7. The molecule has 0 unspecified atom stereocenters. The average Bonchev–Trinajstić information content (AvgIpc) is 3.20. The van der Waals surface area contributed by atoms with Gasteiger partial charge in [0.25, 0.3) is 0 Å². The lowest BCUT2D eigenvalue weighted by Crippen LogP contribution is -2.23. The lowest BCUT2D eigenvalue weighted by atomic mass is 10.1. The minimum Gasteiger partial charge on any atom is -0.468 e. The molecule has 3 aromatic rings. The fourth-order valence-electron chi connectivity index (χ4n) is 2.55. The summed E-state index contributed by atoms with van der Waals surface area (Å²) in [6.45, 7) is 0.0653. The molecule has 0 radical (unpaired) electrons. The van der Waals surface area contributed by atoms with Crippen LogP contribution in [0.1, 0.15) is 17.7 Å². The van der Waals surface area contributed by atoms with Crippen LogP contribution in [-0.2, 0) is 27.8 Å². The van der Waals surface area contributed by atoms with Crippen LogP contribution in [0, 0.1) is 0 Å². The van der Waals surface area contributed by atoms with E-state index in [0.717, 1.165) is 5.56 Å². The number of hydrogen-bond donors (Lipinski definition) is 2. The molecule has 0 atom stereocenters. The third-order valence-corrected chi connectivity index (χ3v) is 5.83. The van der Waals surface area contributed by atoms with Crippen LogP contribution < -0.4 is 10.0 Å². The molecule has 1 amide bonds. The van der Waals surface area contributed by atoms with Gasteiger partial charge in [-0.15, -0.1) is 0 Å². The van der Waals surface area contributed by atoms with E-state index in [4.69, 9.17) is 16.0 Å². The molecule has 2 aromatic carbocycles. The number of hydrogen-bond acceptors (Lipinski definition) is 4. The molecule has 1 heterocycles. The number of nitrogens with one attached hydrogen (secondary N) is 2. The lowest BCUT2D eigenvalue weighted by molar-refractivity contribution is -0.116. The van der Waals surface area contributed by atoms with Crippen molar-refractivity contribution in [2.24, 2.45) is 0 Å². The van der Waals surface area contributed by atoms with Crippen LogP contribution in [-0.4, -0.2) is 14.3 Å². The molecular weight excluding hydrogens is 400 g/mol. The molecule has 8 heteroatoms. The first-order chi connectivity index (χ1) is 13.4. The molecule has 0 spiro atoms. The highest BCUT2D eigenvalue weighted by Gasteiger charge is 2.14. The van der Waals surface area contributed by atoms with Gasteiger partial charge in [-0.1, -0.05) is 29.8 Å². The summed E-state index contributed by atoms with van der Waals surface area (Å²) in [7, 11) is -3.67. The number of aryl methyl sites for hydroxylation is 1. The molecular formula is C20H19ClN2O4S. The van der Waals surface area contributed by atoms with E-state index >= 15 is 0 Å². The zero-order valence-electron chi connectivity index (χ0n) is 14.9. The van der Waals surface area contributed by atoms with Gasteiger partial charge < -0.3 is 9.73 Å². The molecule has 146 valence electrons. The first kappa shape index (κ1) is 20.1. The molecule has 0 aliphatic heterocycles. The number of carbonyl (C=O) groups excluding carboxylic acids is 1. The molecule has 0 aliphatic rings. The van der Waals surface area contributed by atoms with Crippen LogP contribution in [0.3, 0.4) is 0 Å². The highest BCUT2D eigenvalue weighted by molar-refractivity contribution is 7.89. The Morgan fingerprint density at radius 2 is 1.75 bits per heavy atom. The van der Waals surface area contributed by atoms with E-state index in [-0.39, 0.29) is 23.8 Å². The van der Waals surface area contributed by atoms with Crippen molar-refractivity contribution in [2.45, 2.75) is 24.3 Å². The first-order valence-electron chi connectivity index (χ1n) is 8.59. The number of anilines is 1. The predicted molar refractivity (Wildman–Crippen MR) is 108 cm³/mol. The molecule has 0 saturated carbocycles.